The summed E-state index contributed by atoms with van der Waals surface area (Å²) in [6.07, 6.45) is 15.0. The molecule has 174 valence electrons. The molecular formula is C24H30ClF2N3O2. The number of nitrogens with one attached hydrogen (secondary N) is 1. The van der Waals surface area contributed by atoms with Crippen molar-refractivity contribution >= 4 is 29.2 Å². The minimum Gasteiger partial charge on any atom is -0.465 e. The first kappa shape index (κ1) is 28.9. The van der Waals surface area contributed by atoms with Crippen LogP contribution in [0.25, 0.3) is 0 Å². The number of ether oxygens (including phenoxy) is 1. The van der Waals surface area contributed by atoms with Gasteiger partial charge in [0.2, 0.25) is 0 Å². The number of nitrogens with two attached hydrogens (primary N) is 1. The van der Waals surface area contributed by atoms with Crippen LogP contribution in [0.4, 0.5) is 14.5 Å². The number of benzene rings is 1. The van der Waals surface area contributed by atoms with Gasteiger partial charge in [-0.25, -0.2) is 9.38 Å². The van der Waals surface area contributed by atoms with Crippen LogP contribution in [0.2, 0.25) is 5.02 Å². The van der Waals surface area contributed by atoms with E-state index < -0.39 is 11.4 Å². The third kappa shape index (κ3) is 8.56. The van der Waals surface area contributed by atoms with Crippen LogP contribution in [0.15, 0.2) is 58.9 Å². The predicted octanol–water partition coefficient (Wildman–Crippen LogP) is 5.83. The maximum atomic E-state index is 13.4. The molecular weight excluding hydrogens is 436 g/mol. The van der Waals surface area contributed by atoms with E-state index in [1.165, 1.54) is 18.2 Å². The summed E-state index contributed by atoms with van der Waals surface area (Å²) >= 11 is 6.38. The second kappa shape index (κ2) is 14.8. The summed E-state index contributed by atoms with van der Waals surface area (Å²) in [7, 11) is 0.500. The summed E-state index contributed by atoms with van der Waals surface area (Å²) in [6.45, 7) is 5.84. The fourth-order valence-electron chi connectivity index (χ4n) is 2.82. The van der Waals surface area contributed by atoms with Crippen molar-refractivity contribution in [3.8, 4) is 12.8 Å². The van der Waals surface area contributed by atoms with Gasteiger partial charge in [-0.3, -0.25) is 9.18 Å². The average molecular weight is 466 g/mol. The van der Waals surface area contributed by atoms with Crippen LogP contribution in [0.5, 0.6) is 0 Å². The van der Waals surface area contributed by atoms with Gasteiger partial charge in [-0.1, -0.05) is 30.7 Å². The summed E-state index contributed by atoms with van der Waals surface area (Å²) in [4.78, 5) is 17.0. The summed E-state index contributed by atoms with van der Waals surface area (Å²) in [5.74, 6) is -0.748. The number of nitrogens with zero attached hydrogens (tertiary/aromatic N) is 1. The molecule has 32 heavy (non-hydrogen) atoms. The number of rotatable bonds is 6. The SMILES string of the molecule is C#C.CF.C\C=C(F)/C=C\C(=C\CC)C(=O)Nc1ccc(Cl)c([C@]2(C)CCOC(N)=N2)c1. The highest BCUT2D eigenvalue weighted by atomic mass is 35.5. The number of amidine groups is 1. The number of terminal acetylenes is 1. The van der Waals surface area contributed by atoms with E-state index in [1.807, 2.05) is 13.8 Å². The highest BCUT2D eigenvalue weighted by molar-refractivity contribution is 6.31. The average Bonchev–Trinajstić information content (AvgIpc) is 2.80. The molecule has 0 aromatic heterocycles. The second-order valence-corrected chi connectivity index (χ2v) is 6.95. The molecule has 0 fully saturated rings. The van der Waals surface area contributed by atoms with Crippen molar-refractivity contribution in [2.45, 2.75) is 39.2 Å². The number of alkyl halides is 1. The van der Waals surface area contributed by atoms with E-state index in [9.17, 15) is 13.6 Å². The summed E-state index contributed by atoms with van der Waals surface area (Å²) in [5, 5.41) is 3.36. The molecule has 0 spiro atoms. The van der Waals surface area contributed by atoms with Crippen molar-refractivity contribution in [3.63, 3.8) is 0 Å². The standard InChI is InChI=1S/C21H25ClFN3O2.C2H2.CH3F/c1-4-6-14(7-8-15(23)5-2)19(27)25-16-9-10-18(22)17(13-16)21(3)11-12-28-20(24)26-21;2*1-2/h5-10,13H,4,11-12H2,1-3H3,(H2,24,26)(H,25,27);1-2H;1H3/b8-7-,14-6-,15-5+;;/t21-;;/m0../s1. The summed E-state index contributed by atoms with van der Waals surface area (Å²) in [6, 6.07) is 5.31. The fraction of sp³-hybridized carbons (Fsp3) is 0.333. The monoisotopic (exact) mass is 465 g/mol. The maximum Gasteiger partial charge on any atom is 0.282 e. The first-order valence-corrected chi connectivity index (χ1v) is 10.2. The van der Waals surface area contributed by atoms with E-state index >= 15 is 0 Å². The van der Waals surface area contributed by atoms with Crippen molar-refractivity contribution in [3.05, 3.63) is 64.5 Å². The fourth-order valence-corrected chi connectivity index (χ4v) is 3.14. The number of carbonyl (C=O) groups is 1. The molecule has 3 N–H and O–H groups in total. The highest BCUT2D eigenvalue weighted by Crippen LogP contribution is 2.37. The maximum absolute atomic E-state index is 13.4. The molecule has 1 aliphatic heterocycles. The number of aliphatic imine (C=N–C) groups is 1. The lowest BCUT2D eigenvalue weighted by atomic mass is 9.88. The molecule has 0 bridgehead atoms. The van der Waals surface area contributed by atoms with Gasteiger partial charge in [-0.15, -0.1) is 12.8 Å². The summed E-state index contributed by atoms with van der Waals surface area (Å²) in [5.41, 5.74) is 6.76. The van der Waals surface area contributed by atoms with Crippen molar-refractivity contribution < 1.29 is 18.3 Å². The van der Waals surface area contributed by atoms with Crippen molar-refractivity contribution in [1.29, 1.82) is 0 Å². The zero-order valence-corrected chi connectivity index (χ0v) is 19.5. The molecule has 1 aromatic carbocycles. The Kier molecular flexibility index (Phi) is 13.4. The van der Waals surface area contributed by atoms with E-state index in [4.69, 9.17) is 22.1 Å². The van der Waals surface area contributed by atoms with Gasteiger partial charge >= 0.3 is 0 Å². The van der Waals surface area contributed by atoms with Gasteiger partial charge in [0.15, 0.2) is 0 Å². The zero-order valence-electron chi connectivity index (χ0n) is 18.8. The van der Waals surface area contributed by atoms with Crippen LogP contribution in [-0.2, 0) is 15.1 Å². The van der Waals surface area contributed by atoms with Gasteiger partial charge < -0.3 is 15.8 Å². The first-order chi connectivity index (χ1) is 15.3. The molecule has 1 aromatic rings. The number of amides is 1. The Bertz CT molecular complexity index is 908. The van der Waals surface area contributed by atoms with Crippen LogP contribution in [0.1, 0.15) is 39.2 Å². The van der Waals surface area contributed by atoms with Gasteiger partial charge in [0.25, 0.3) is 11.9 Å². The Labute approximate surface area is 194 Å². The predicted molar refractivity (Wildman–Crippen MR) is 129 cm³/mol. The number of hydrogen-bond acceptors (Lipinski definition) is 4. The van der Waals surface area contributed by atoms with Crippen molar-refractivity contribution in [1.82, 2.24) is 0 Å². The van der Waals surface area contributed by atoms with Gasteiger partial charge in [0.05, 0.1) is 19.3 Å². The van der Waals surface area contributed by atoms with Crippen LogP contribution in [0, 0.1) is 12.8 Å². The lowest BCUT2D eigenvalue weighted by molar-refractivity contribution is -0.112. The van der Waals surface area contributed by atoms with Crippen molar-refractivity contribution in [2.75, 3.05) is 19.1 Å². The quantitative estimate of drug-likeness (QED) is 0.315. The molecule has 0 radical (unpaired) electrons. The largest absolute Gasteiger partial charge is 0.465 e. The Balaban J connectivity index is 0.00000227. The number of halogens is 3. The molecule has 1 amide bonds. The molecule has 0 saturated heterocycles. The molecule has 2 rings (SSSR count). The van der Waals surface area contributed by atoms with E-state index in [0.717, 1.165) is 5.56 Å². The second-order valence-electron chi connectivity index (χ2n) is 6.55. The van der Waals surface area contributed by atoms with Crippen LogP contribution in [-0.4, -0.2) is 25.7 Å². The molecule has 1 atom stereocenters. The zero-order chi connectivity index (χ0) is 24.7. The number of anilines is 1. The van der Waals surface area contributed by atoms with Gasteiger partial charge in [0, 0.05) is 28.3 Å². The number of carbonyl (C=O) groups excluding carboxylic acids is 1. The number of hydrogen-bond donors (Lipinski definition) is 2. The van der Waals surface area contributed by atoms with Crippen LogP contribution in [0.3, 0.4) is 0 Å². The molecule has 1 aliphatic rings. The van der Waals surface area contributed by atoms with E-state index in [-0.39, 0.29) is 11.9 Å². The van der Waals surface area contributed by atoms with Gasteiger partial charge in [-0.2, -0.15) is 0 Å². The molecule has 1 heterocycles. The lowest BCUT2D eigenvalue weighted by Gasteiger charge is -2.31. The number of allylic oxidation sites excluding steroid dienone is 4. The highest BCUT2D eigenvalue weighted by Gasteiger charge is 2.32. The van der Waals surface area contributed by atoms with Crippen LogP contribution < -0.4 is 11.1 Å². The van der Waals surface area contributed by atoms with E-state index in [2.05, 4.69) is 23.2 Å². The Morgan fingerprint density at radius 1 is 1.38 bits per heavy atom. The van der Waals surface area contributed by atoms with E-state index in [1.54, 1.807) is 31.2 Å². The molecule has 5 nitrogen and oxygen atoms in total. The molecule has 8 heteroatoms. The minimum atomic E-state index is -0.642. The third-order valence-corrected chi connectivity index (χ3v) is 4.71. The van der Waals surface area contributed by atoms with E-state index in [0.29, 0.717) is 42.9 Å². The normalized spacial score (nSPS) is 18.3. The smallest absolute Gasteiger partial charge is 0.282 e. The molecule has 0 saturated carbocycles. The third-order valence-electron chi connectivity index (χ3n) is 4.38. The van der Waals surface area contributed by atoms with Gasteiger partial charge in [-0.05, 0) is 50.6 Å². The molecule has 0 unspecified atom stereocenters. The lowest BCUT2D eigenvalue weighted by Crippen LogP contribution is -2.33. The van der Waals surface area contributed by atoms with Crippen LogP contribution >= 0.6 is 11.6 Å². The summed E-state index contributed by atoms with van der Waals surface area (Å²) < 4.78 is 28.1. The van der Waals surface area contributed by atoms with Gasteiger partial charge in [0.1, 0.15) is 5.83 Å². The first-order valence-electron chi connectivity index (χ1n) is 9.79. The van der Waals surface area contributed by atoms with Crippen molar-refractivity contribution in [2.24, 2.45) is 10.7 Å². The Morgan fingerprint density at radius 3 is 2.59 bits per heavy atom. The molecule has 0 aliphatic carbocycles. The Hall–Kier alpha value is -3.11. The topological polar surface area (TPSA) is 76.7 Å². The Morgan fingerprint density at radius 2 is 2.03 bits per heavy atom. The minimum absolute atomic E-state index is 0.114.